The number of nitrogens with two attached hydrogens (primary N) is 1. The van der Waals surface area contributed by atoms with Crippen LogP contribution in [0.25, 0.3) is 11.1 Å². The zero-order valence-corrected chi connectivity index (χ0v) is 10.2. The summed E-state index contributed by atoms with van der Waals surface area (Å²) in [4.78, 5) is 4.00. The molecule has 0 saturated heterocycles. The van der Waals surface area contributed by atoms with Gasteiger partial charge in [-0.1, -0.05) is 41.4 Å². The van der Waals surface area contributed by atoms with Crippen molar-refractivity contribution < 1.29 is 0 Å². The minimum Gasteiger partial charge on any atom is -0.398 e. The molecule has 16 heavy (non-hydrogen) atoms. The van der Waals surface area contributed by atoms with Crippen LogP contribution in [0.5, 0.6) is 0 Å². The summed E-state index contributed by atoms with van der Waals surface area (Å²) in [5.41, 5.74) is 9.42. The predicted octanol–water partition coefficient (Wildman–Crippen LogP) is 3.95. The van der Waals surface area contributed by atoms with Crippen LogP contribution >= 0.6 is 23.2 Å². The molecular formula is C12H10Cl2N2. The molecule has 0 radical (unpaired) electrons. The van der Waals surface area contributed by atoms with Gasteiger partial charge in [-0.2, -0.15) is 0 Å². The summed E-state index contributed by atoms with van der Waals surface area (Å²) < 4.78 is 0. The Kier molecular flexibility index (Phi) is 3.03. The van der Waals surface area contributed by atoms with E-state index in [0.29, 0.717) is 16.0 Å². The molecule has 82 valence electrons. The van der Waals surface area contributed by atoms with Crippen LogP contribution in [0.2, 0.25) is 10.3 Å². The fourth-order valence-electron chi connectivity index (χ4n) is 1.53. The Morgan fingerprint density at radius 1 is 1.06 bits per heavy atom. The van der Waals surface area contributed by atoms with E-state index in [4.69, 9.17) is 28.9 Å². The molecule has 4 heteroatoms. The Morgan fingerprint density at radius 2 is 1.81 bits per heavy atom. The molecule has 0 aliphatic carbocycles. The van der Waals surface area contributed by atoms with Crippen molar-refractivity contribution in [1.29, 1.82) is 0 Å². The molecule has 1 aromatic carbocycles. The lowest BCUT2D eigenvalue weighted by Gasteiger charge is -2.09. The first-order valence-electron chi connectivity index (χ1n) is 4.77. The number of aryl methyl sites for hydroxylation is 1. The molecule has 2 rings (SSSR count). The highest BCUT2D eigenvalue weighted by atomic mass is 35.5. The number of halogens is 2. The number of hydrogen-bond donors (Lipinski definition) is 1. The Hall–Kier alpha value is -1.25. The molecule has 0 amide bonds. The molecule has 0 unspecified atom stereocenters. The summed E-state index contributed by atoms with van der Waals surface area (Å²) >= 11 is 11.8. The van der Waals surface area contributed by atoms with Crippen molar-refractivity contribution in [3.63, 3.8) is 0 Å². The number of para-hydroxylation sites is 1. The van der Waals surface area contributed by atoms with Crippen LogP contribution in [-0.2, 0) is 0 Å². The van der Waals surface area contributed by atoms with Crippen molar-refractivity contribution in [2.45, 2.75) is 6.92 Å². The van der Waals surface area contributed by atoms with Crippen molar-refractivity contribution >= 4 is 28.9 Å². The molecule has 2 nitrogen and oxygen atoms in total. The molecule has 0 aliphatic heterocycles. The third-order valence-electron chi connectivity index (χ3n) is 2.43. The number of hydrogen-bond acceptors (Lipinski definition) is 2. The van der Waals surface area contributed by atoms with Gasteiger partial charge >= 0.3 is 0 Å². The number of pyridine rings is 1. The number of aromatic nitrogens is 1. The summed E-state index contributed by atoms with van der Waals surface area (Å²) in [6.45, 7) is 1.95. The van der Waals surface area contributed by atoms with Gasteiger partial charge in [-0.3, -0.25) is 0 Å². The molecule has 0 saturated carbocycles. The summed E-state index contributed by atoms with van der Waals surface area (Å²) in [5, 5.41) is 0.741. The molecule has 0 atom stereocenters. The van der Waals surface area contributed by atoms with Gasteiger partial charge in [0.2, 0.25) is 0 Å². The zero-order valence-electron chi connectivity index (χ0n) is 8.67. The Labute approximate surface area is 104 Å². The Bertz CT molecular complexity index is 539. The molecule has 2 aromatic rings. The quantitative estimate of drug-likeness (QED) is 0.617. The maximum absolute atomic E-state index is 6.04. The van der Waals surface area contributed by atoms with Gasteiger partial charge in [-0.25, -0.2) is 4.98 Å². The van der Waals surface area contributed by atoms with Crippen molar-refractivity contribution in [3.05, 3.63) is 46.2 Å². The first-order valence-corrected chi connectivity index (χ1v) is 5.52. The average Bonchev–Trinajstić information content (AvgIpc) is 2.23. The molecule has 0 fully saturated rings. The monoisotopic (exact) mass is 252 g/mol. The smallest absolute Gasteiger partial charge is 0.138 e. The van der Waals surface area contributed by atoms with Crippen LogP contribution < -0.4 is 5.73 Å². The van der Waals surface area contributed by atoms with Gasteiger partial charge in [0.1, 0.15) is 10.3 Å². The van der Waals surface area contributed by atoms with Crippen LogP contribution in [0.15, 0.2) is 30.3 Å². The maximum Gasteiger partial charge on any atom is 0.138 e. The average molecular weight is 253 g/mol. The zero-order chi connectivity index (χ0) is 11.7. The molecule has 0 spiro atoms. The number of nitrogens with zero attached hydrogens (tertiary/aromatic N) is 1. The van der Waals surface area contributed by atoms with E-state index >= 15 is 0 Å². The van der Waals surface area contributed by atoms with Crippen molar-refractivity contribution in [1.82, 2.24) is 4.98 Å². The van der Waals surface area contributed by atoms with E-state index in [0.717, 1.165) is 16.7 Å². The van der Waals surface area contributed by atoms with E-state index in [2.05, 4.69) is 4.98 Å². The van der Waals surface area contributed by atoms with Gasteiger partial charge in [0.15, 0.2) is 0 Å². The fourth-order valence-corrected chi connectivity index (χ4v) is 1.98. The van der Waals surface area contributed by atoms with Crippen LogP contribution in [-0.4, -0.2) is 4.98 Å². The van der Waals surface area contributed by atoms with Crippen LogP contribution in [0.4, 0.5) is 5.69 Å². The van der Waals surface area contributed by atoms with Gasteiger partial charge < -0.3 is 5.73 Å². The molecular weight excluding hydrogens is 243 g/mol. The van der Waals surface area contributed by atoms with Crippen molar-refractivity contribution in [3.8, 4) is 11.1 Å². The minimum atomic E-state index is 0.366. The third kappa shape index (κ3) is 1.99. The van der Waals surface area contributed by atoms with Crippen LogP contribution in [0, 0.1) is 6.92 Å². The predicted molar refractivity (Wildman–Crippen MR) is 68.8 cm³/mol. The van der Waals surface area contributed by atoms with E-state index < -0.39 is 0 Å². The van der Waals surface area contributed by atoms with E-state index in [9.17, 15) is 0 Å². The highest BCUT2D eigenvalue weighted by molar-refractivity contribution is 6.34. The summed E-state index contributed by atoms with van der Waals surface area (Å²) in [7, 11) is 0. The first-order chi connectivity index (χ1) is 7.59. The van der Waals surface area contributed by atoms with Crippen LogP contribution in [0.3, 0.4) is 0 Å². The first kappa shape index (κ1) is 11.2. The van der Waals surface area contributed by atoms with E-state index in [1.807, 2.05) is 31.2 Å². The maximum atomic E-state index is 6.04. The van der Waals surface area contributed by atoms with Gasteiger partial charge in [0.05, 0.1) is 0 Å². The SMILES string of the molecule is Cc1cccc(-c2ccc(Cl)nc2Cl)c1N. The van der Waals surface area contributed by atoms with Crippen molar-refractivity contribution in [2.24, 2.45) is 0 Å². The molecule has 2 N–H and O–H groups in total. The third-order valence-corrected chi connectivity index (χ3v) is 2.93. The largest absolute Gasteiger partial charge is 0.398 e. The van der Waals surface area contributed by atoms with Crippen LogP contribution in [0.1, 0.15) is 5.56 Å². The number of benzene rings is 1. The lowest BCUT2D eigenvalue weighted by atomic mass is 10.0. The van der Waals surface area contributed by atoms with Gasteiger partial charge in [0, 0.05) is 16.8 Å². The highest BCUT2D eigenvalue weighted by Crippen LogP contribution is 2.33. The standard InChI is InChI=1S/C12H10Cl2N2/c1-7-3-2-4-8(11(7)15)9-5-6-10(13)16-12(9)14/h2-6H,15H2,1H3. The topological polar surface area (TPSA) is 38.9 Å². The molecule has 1 aromatic heterocycles. The summed E-state index contributed by atoms with van der Waals surface area (Å²) in [5.74, 6) is 0. The molecule has 0 aliphatic rings. The van der Waals surface area contributed by atoms with Gasteiger partial charge in [0.25, 0.3) is 0 Å². The highest BCUT2D eigenvalue weighted by Gasteiger charge is 2.09. The fraction of sp³-hybridized carbons (Fsp3) is 0.0833. The Morgan fingerprint density at radius 3 is 2.50 bits per heavy atom. The van der Waals surface area contributed by atoms with Gasteiger partial charge in [-0.15, -0.1) is 0 Å². The summed E-state index contributed by atoms with van der Waals surface area (Å²) in [6, 6.07) is 9.33. The lowest BCUT2D eigenvalue weighted by Crippen LogP contribution is -1.94. The normalized spacial score (nSPS) is 10.4. The Balaban J connectivity index is 2.63. The second kappa shape index (κ2) is 4.32. The van der Waals surface area contributed by atoms with E-state index in [1.54, 1.807) is 6.07 Å². The van der Waals surface area contributed by atoms with Crippen molar-refractivity contribution in [2.75, 3.05) is 5.73 Å². The van der Waals surface area contributed by atoms with Gasteiger partial charge in [-0.05, 0) is 24.6 Å². The second-order valence-electron chi connectivity index (χ2n) is 3.51. The number of anilines is 1. The van der Waals surface area contributed by atoms with E-state index in [-0.39, 0.29) is 0 Å². The second-order valence-corrected chi connectivity index (χ2v) is 4.25. The molecule has 0 bridgehead atoms. The lowest BCUT2D eigenvalue weighted by molar-refractivity contribution is 1.32. The molecule has 1 heterocycles. The minimum absolute atomic E-state index is 0.366. The number of nitrogen functional groups attached to an aromatic ring is 1. The number of rotatable bonds is 1. The summed E-state index contributed by atoms with van der Waals surface area (Å²) in [6.07, 6.45) is 0. The van der Waals surface area contributed by atoms with E-state index in [1.165, 1.54) is 0 Å².